The van der Waals surface area contributed by atoms with Crippen molar-refractivity contribution in [1.82, 2.24) is 10.0 Å². The molecule has 0 radical (unpaired) electrons. The first kappa shape index (κ1) is 20.8. The Morgan fingerprint density at radius 2 is 2.09 bits per heavy atom. The molecule has 1 amide bonds. The molecule has 126 valence electrons. The van der Waals surface area contributed by atoms with E-state index < -0.39 is 16.1 Å². The summed E-state index contributed by atoms with van der Waals surface area (Å²) in [4.78, 5) is 11.5. The van der Waals surface area contributed by atoms with Crippen molar-refractivity contribution in [2.45, 2.75) is 24.4 Å². The number of amides is 1. The number of sulfonamides is 1. The maximum Gasteiger partial charge on any atom is 0.240 e. The number of carbonyl (C=O) groups excluding carboxylic acids is 1. The molecule has 1 aromatic carbocycles. The zero-order valence-corrected chi connectivity index (χ0v) is 14.2. The van der Waals surface area contributed by atoms with E-state index in [4.69, 9.17) is 10.5 Å². The van der Waals surface area contributed by atoms with Gasteiger partial charge in [0.1, 0.15) is 0 Å². The number of methoxy groups -OCH3 is 1. The molecule has 0 aromatic heterocycles. The van der Waals surface area contributed by atoms with Crippen molar-refractivity contribution in [3.8, 4) is 0 Å². The first-order chi connectivity index (χ1) is 9.86. The summed E-state index contributed by atoms with van der Waals surface area (Å²) in [5.41, 5.74) is 6.12. The molecular formula is C13H22ClN3O4S. The highest BCUT2D eigenvalue weighted by Crippen LogP contribution is 2.11. The van der Waals surface area contributed by atoms with Crippen LogP contribution in [0.25, 0.3) is 0 Å². The lowest BCUT2D eigenvalue weighted by Gasteiger charge is -2.10. The molecule has 0 aliphatic rings. The van der Waals surface area contributed by atoms with Crippen molar-refractivity contribution in [2.24, 2.45) is 5.73 Å². The molecule has 0 bridgehead atoms. The molecule has 0 heterocycles. The maximum absolute atomic E-state index is 12.0. The molecule has 1 rings (SSSR count). The Morgan fingerprint density at radius 1 is 1.41 bits per heavy atom. The second kappa shape index (κ2) is 9.75. The normalized spacial score (nSPS) is 12.3. The Kier molecular flexibility index (Phi) is 9.22. The fourth-order valence-corrected chi connectivity index (χ4v) is 2.62. The summed E-state index contributed by atoms with van der Waals surface area (Å²) in [6, 6.07) is 5.75. The average molecular weight is 352 g/mol. The molecule has 0 spiro atoms. The van der Waals surface area contributed by atoms with Crippen molar-refractivity contribution < 1.29 is 17.9 Å². The lowest BCUT2D eigenvalue weighted by molar-refractivity contribution is -0.122. The number of nitrogens with two attached hydrogens (primary N) is 1. The highest BCUT2D eigenvalue weighted by molar-refractivity contribution is 7.89. The summed E-state index contributed by atoms with van der Waals surface area (Å²) < 4.78 is 31.3. The van der Waals surface area contributed by atoms with Crippen LogP contribution in [0, 0.1) is 0 Å². The largest absolute Gasteiger partial charge is 0.383 e. The van der Waals surface area contributed by atoms with Gasteiger partial charge in [-0.1, -0.05) is 12.1 Å². The molecule has 9 heteroatoms. The number of nitrogens with one attached hydrogen (secondary N) is 2. The van der Waals surface area contributed by atoms with Gasteiger partial charge in [-0.25, -0.2) is 13.1 Å². The van der Waals surface area contributed by atoms with Gasteiger partial charge in [0, 0.05) is 20.2 Å². The molecule has 0 aliphatic carbocycles. The summed E-state index contributed by atoms with van der Waals surface area (Å²) in [6.07, 6.45) is 0. The van der Waals surface area contributed by atoms with E-state index >= 15 is 0 Å². The van der Waals surface area contributed by atoms with Gasteiger partial charge in [0.2, 0.25) is 15.9 Å². The predicted octanol–water partition coefficient (Wildman–Crippen LogP) is -0.00350. The maximum atomic E-state index is 12.0. The third-order valence-electron chi connectivity index (χ3n) is 2.69. The highest BCUT2D eigenvalue weighted by atomic mass is 35.5. The van der Waals surface area contributed by atoms with Crippen LogP contribution in [0.1, 0.15) is 12.5 Å². The second-order valence-electron chi connectivity index (χ2n) is 4.54. The van der Waals surface area contributed by atoms with Gasteiger partial charge in [-0.05, 0) is 24.6 Å². The SMILES string of the molecule is COCCNS(=O)(=O)c1cccc(CNC(=O)[C@H](C)N)c1.Cl. The lowest BCUT2D eigenvalue weighted by atomic mass is 10.2. The van der Waals surface area contributed by atoms with E-state index in [1.165, 1.54) is 19.2 Å². The van der Waals surface area contributed by atoms with Gasteiger partial charge in [-0.3, -0.25) is 4.79 Å². The van der Waals surface area contributed by atoms with E-state index in [1.54, 1.807) is 19.1 Å². The summed E-state index contributed by atoms with van der Waals surface area (Å²) in [6.45, 7) is 2.30. The topological polar surface area (TPSA) is 111 Å². The van der Waals surface area contributed by atoms with Crippen molar-refractivity contribution in [3.63, 3.8) is 0 Å². The molecule has 0 unspecified atom stereocenters. The van der Waals surface area contributed by atoms with E-state index in [9.17, 15) is 13.2 Å². The third kappa shape index (κ3) is 6.71. The molecule has 22 heavy (non-hydrogen) atoms. The molecule has 0 saturated heterocycles. The van der Waals surface area contributed by atoms with Gasteiger partial charge in [0.25, 0.3) is 0 Å². The molecule has 1 atom stereocenters. The van der Waals surface area contributed by atoms with Crippen LogP contribution in [0.15, 0.2) is 29.2 Å². The molecular weight excluding hydrogens is 330 g/mol. The van der Waals surface area contributed by atoms with Crippen molar-refractivity contribution in [3.05, 3.63) is 29.8 Å². The fourth-order valence-electron chi connectivity index (χ4n) is 1.53. The Labute approximate surface area is 137 Å². The average Bonchev–Trinajstić information content (AvgIpc) is 2.45. The van der Waals surface area contributed by atoms with Gasteiger partial charge in [-0.2, -0.15) is 0 Å². The zero-order chi connectivity index (χ0) is 15.9. The number of carbonyl (C=O) groups is 1. The minimum Gasteiger partial charge on any atom is -0.383 e. The standard InChI is InChI=1S/C13H21N3O4S.ClH/c1-10(14)13(17)15-9-11-4-3-5-12(8-11)21(18,19)16-6-7-20-2;/h3-5,8,10,16H,6-7,9,14H2,1-2H3,(H,15,17);1H/t10-;/m0./s1. The first-order valence-corrected chi connectivity index (χ1v) is 7.96. The minimum atomic E-state index is -3.58. The molecule has 4 N–H and O–H groups in total. The number of rotatable bonds is 8. The second-order valence-corrected chi connectivity index (χ2v) is 6.31. The summed E-state index contributed by atoms with van der Waals surface area (Å²) >= 11 is 0. The van der Waals surface area contributed by atoms with Gasteiger partial charge < -0.3 is 15.8 Å². The summed E-state index contributed by atoms with van der Waals surface area (Å²) in [5.74, 6) is -0.290. The van der Waals surface area contributed by atoms with E-state index in [-0.39, 0.29) is 36.3 Å². The number of hydrogen-bond donors (Lipinski definition) is 3. The van der Waals surface area contributed by atoms with Crippen LogP contribution in [0.3, 0.4) is 0 Å². The first-order valence-electron chi connectivity index (χ1n) is 6.47. The Hall–Kier alpha value is -1.19. The minimum absolute atomic E-state index is 0. The summed E-state index contributed by atoms with van der Waals surface area (Å²) in [7, 11) is -2.08. The van der Waals surface area contributed by atoms with Crippen LogP contribution in [-0.2, 0) is 26.1 Å². The smallest absolute Gasteiger partial charge is 0.240 e. The number of hydrogen-bond acceptors (Lipinski definition) is 5. The van der Waals surface area contributed by atoms with Gasteiger partial charge in [-0.15, -0.1) is 12.4 Å². The molecule has 7 nitrogen and oxygen atoms in total. The predicted molar refractivity (Wildman–Crippen MR) is 86.3 cm³/mol. The van der Waals surface area contributed by atoms with E-state index in [2.05, 4.69) is 10.0 Å². The fraction of sp³-hybridized carbons (Fsp3) is 0.462. The van der Waals surface area contributed by atoms with Crippen molar-refractivity contribution in [2.75, 3.05) is 20.3 Å². The monoisotopic (exact) mass is 351 g/mol. The summed E-state index contributed by atoms with van der Waals surface area (Å²) in [5, 5.41) is 2.63. The quantitative estimate of drug-likeness (QED) is 0.571. The van der Waals surface area contributed by atoms with Crippen LogP contribution in [-0.4, -0.2) is 40.6 Å². The Morgan fingerprint density at radius 3 is 2.68 bits per heavy atom. The molecule has 0 aliphatic heterocycles. The lowest BCUT2D eigenvalue weighted by Crippen LogP contribution is -2.37. The van der Waals surface area contributed by atoms with Gasteiger partial charge >= 0.3 is 0 Å². The Bertz CT molecular complexity index is 578. The highest BCUT2D eigenvalue weighted by Gasteiger charge is 2.14. The number of benzene rings is 1. The molecule has 1 aromatic rings. The van der Waals surface area contributed by atoms with Gasteiger partial charge in [0.15, 0.2) is 0 Å². The van der Waals surface area contributed by atoms with Crippen LogP contribution >= 0.6 is 12.4 Å². The Balaban J connectivity index is 0.00000441. The van der Waals surface area contributed by atoms with Crippen molar-refractivity contribution in [1.29, 1.82) is 0 Å². The van der Waals surface area contributed by atoms with Crippen LogP contribution < -0.4 is 15.8 Å². The number of halogens is 1. The third-order valence-corrected chi connectivity index (χ3v) is 4.15. The van der Waals surface area contributed by atoms with Gasteiger partial charge in [0.05, 0.1) is 17.5 Å². The van der Waals surface area contributed by atoms with E-state index in [1.807, 2.05) is 0 Å². The van der Waals surface area contributed by atoms with E-state index in [0.29, 0.717) is 12.2 Å². The van der Waals surface area contributed by atoms with Crippen LogP contribution in [0.2, 0.25) is 0 Å². The molecule has 0 fully saturated rings. The van der Waals surface area contributed by atoms with E-state index in [0.717, 1.165) is 0 Å². The molecule has 0 saturated carbocycles. The zero-order valence-electron chi connectivity index (χ0n) is 12.5. The van der Waals surface area contributed by atoms with Crippen molar-refractivity contribution >= 4 is 28.3 Å². The van der Waals surface area contributed by atoms with Crippen LogP contribution in [0.5, 0.6) is 0 Å². The number of ether oxygens (including phenoxy) is 1. The van der Waals surface area contributed by atoms with Crippen LogP contribution in [0.4, 0.5) is 0 Å².